The standard InChI is InChI=1S/C6H10N2/c1-2-3-4-5-6(7)8/h1,5H,3-4,7-8H2. The molecule has 0 bridgehead atoms. The summed E-state index contributed by atoms with van der Waals surface area (Å²) in [5.74, 6) is 2.81. The maximum Gasteiger partial charge on any atom is 0.0892 e. The number of hydrogen-bond donors (Lipinski definition) is 2. The van der Waals surface area contributed by atoms with E-state index in [9.17, 15) is 0 Å². The number of rotatable bonds is 2. The molecule has 0 aromatic heterocycles. The molecule has 0 aliphatic carbocycles. The minimum Gasteiger partial charge on any atom is -0.386 e. The summed E-state index contributed by atoms with van der Waals surface area (Å²) in [6, 6.07) is 0. The Morgan fingerprint density at radius 2 is 2.25 bits per heavy atom. The van der Waals surface area contributed by atoms with Gasteiger partial charge in [0.2, 0.25) is 0 Å². The van der Waals surface area contributed by atoms with Gasteiger partial charge in [0.1, 0.15) is 0 Å². The van der Waals surface area contributed by atoms with Crippen molar-refractivity contribution in [3.8, 4) is 12.3 Å². The SMILES string of the molecule is C#CCCC=C(N)N. The van der Waals surface area contributed by atoms with Crippen molar-refractivity contribution in [2.75, 3.05) is 0 Å². The number of unbranched alkanes of at least 4 members (excludes halogenated alkanes) is 1. The summed E-state index contributed by atoms with van der Waals surface area (Å²) >= 11 is 0. The Morgan fingerprint density at radius 3 is 2.62 bits per heavy atom. The van der Waals surface area contributed by atoms with Crippen LogP contribution in [-0.4, -0.2) is 0 Å². The third kappa shape index (κ3) is 4.90. The van der Waals surface area contributed by atoms with Gasteiger partial charge in [-0.3, -0.25) is 0 Å². The van der Waals surface area contributed by atoms with Gasteiger partial charge in [-0.2, -0.15) is 0 Å². The lowest BCUT2D eigenvalue weighted by Crippen LogP contribution is -2.07. The largest absolute Gasteiger partial charge is 0.386 e. The van der Waals surface area contributed by atoms with Gasteiger partial charge in [-0.1, -0.05) is 0 Å². The van der Waals surface area contributed by atoms with Crippen LogP contribution in [0.15, 0.2) is 11.9 Å². The van der Waals surface area contributed by atoms with Crippen molar-refractivity contribution < 1.29 is 0 Å². The van der Waals surface area contributed by atoms with Crippen molar-refractivity contribution in [3.05, 3.63) is 11.9 Å². The number of hydrogen-bond acceptors (Lipinski definition) is 2. The van der Waals surface area contributed by atoms with E-state index >= 15 is 0 Å². The molecular weight excluding hydrogens is 100 g/mol. The maximum absolute atomic E-state index is 5.10. The second kappa shape index (κ2) is 4.07. The van der Waals surface area contributed by atoms with E-state index < -0.39 is 0 Å². The van der Waals surface area contributed by atoms with E-state index in [0.717, 1.165) is 6.42 Å². The van der Waals surface area contributed by atoms with Crippen LogP contribution in [0.3, 0.4) is 0 Å². The van der Waals surface area contributed by atoms with Gasteiger partial charge in [0.15, 0.2) is 0 Å². The molecular formula is C6H10N2. The third-order valence-corrected chi connectivity index (χ3v) is 0.669. The first kappa shape index (κ1) is 6.90. The lowest BCUT2D eigenvalue weighted by atomic mass is 10.3. The van der Waals surface area contributed by atoms with Crippen molar-refractivity contribution in [3.63, 3.8) is 0 Å². The molecule has 0 saturated heterocycles. The highest BCUT2D eigenvalue weighted by atomic mass is 14.8. The van der Waals surface area contributed by atoms with Crippen molar-refractivity contribution >= 4 is 0 Å². The lowest BCUT2D eigenvalue weighted by molar-refractivity contribution is 1.05. The summed E-state index contributed by atoms with van der Waals surface area (Å²) in [4.78, 5) is 0. The number of nitrogens with two attached hydrogens (primary N) is 2. The molecule has 2 nitrogen and oxygen atoms in total. The minimum absolute atomic E-state index is 0.347. The van der Waals surface area contributed by atoms with Crippen LogP contribution >= 0.6 is 0 Å². The number of terminal acetylenes is 1. The zero-order valence-electron chi connectivity index (χ0n) is 4.72. The Morgan fingerprint density at radius 1 is 1.62 bits per heavy atom. The third-order valence-electron chi connectivity index (χ3n) is 0.669. The van der Waals surface area contributed by atoms with E-state index in [4.69, 9.17) is 17.9 Å². The summed E-state index contributed by atoms with van der Waals surface area (Å²) in [6.07, 6.45) is 8.14. The molecule has 0 heterocycles. The van der Waals surface area contributed by atoms with Crippen LogP contribution in [0.2, 0.25) is 0 Å². The van der Waals surface area contributed by atoms with E-state index in [1.165, 1.54) is 0 Å². The molecule has 0 aliphatic heterocycles. The van der Waals surface area contributed by atoms with E-state index in [2.05, 4.69) is 5.92 Å². The van der Waals surface area contributed by atoms with Gasteiger partial charge < -0.3 is 11.5 Å². The molecule has 0 rings (SSSR count). The van der Waals surface area contributed by atoms with Gasteiger partial charge in [-0.15, -0.1) is 12.3 Å². The van der Waals surface area contributed by atoms with E-state index in [-0.39, 0.29) is 0 Å². The van der Waals surface area contributed by atoms with Gasteiger partial charge in [-0.25, -0.2) is 0 Å². The highest BCUT2D eigenvalue weighted by molar-refractivity contribution is 4.94. The Hall–Kier alpha value is -1.10. The van der Waals surface area contributed by atoms with Crippen LogP contribution in [0.1, 0.15) is 12.8 Å². The summed E-state index contributed by atoms with van der Waals surface area (Å²) < 4.78 is 0. The molecule has 0 fully saturated rings. The van der Waals surface area contributed by atoms with Crippen molar-refractivity contribution in [2.24, 2.45) is 11.5 Å². The van der Waals surface area contributed by atoms with E-state index in [1.54, 1.807) is 6.08 Å². The molecule has 0 saturated carbocycles. The molecule has 0 aromatic rings. The fourth-order valence-corrected chi connectivity index (χ4v) is 0.322. The van der Waals surface area contributed by atoms with Gasteiger partial charge in [0, 0.05) is 6.42 Å². The molecule has 0 aliphatic rings. The van der Waals surface area contributed by atoms with Crippen LogP contribution in [0.25, 0.3) is 0 Å². The van der Waals surface area contributed by atoms with Gasteiger partial charge in [0.05, 0.1) is 5.82 Å². The lowest BCUT2D eigenvalue weighted by Gasteiger charge is -1.86. The summed E-state index contributed by atoms with van der Waals surface area (Å²) in [5.41, 5.74) is 10.2. The first-order chi connectivity index (χ1) is 3.77. The average Bonchev–Trinajstić information content (AvgIpc) is 1.66. The molecule has 0 spiro atoms. The van der Waals surface area contributed by atoms with Gasteiger partial charge in [0.25, 0.3) is 0 Å². The second-order valence-electron chi connectivity index (χ2n) is 1.45. The molecule has 0 unspecified atom stereocenters. The zero-order valence-corrected chi connectivity index (χ0v) is 4.72. The molecule has 0 aromatic carbocycles. The fourth-order valence-electron chi connectivity index (χ4n) is 0.322. The van der Waals surface area contributed by atoms with Crippen LogP contribution < -0.4 is 11.5 Å². The molecule has 0 radical (unpaired) electrons. The van der Waals surface area contributed by atoms with E-state index in [1.807, 2.05) is 0 Å². The normalized spacial score (nSPS) is 7.38. The summed E-state index contributed by atoms with van der Waals surface area (Å²) in [7, 11) is 0. The van der Waals surface area contributed by atoms with Crippen LogP contribution in [0.4, 0.5) is 0 Å². The monoisotopic (exact) mass is 110 g/mol. The van der Waals surface area contributed by atoms with E-state index in [0.29, 0.717) is 12.2 Å². The maximum atomic E-state index is 5.10. The second-order valence-corrected chi connectivity index (χ2v) is 1.45. The molecule has 8 heavy (non-hydrogen) atoms. The van der Waals surface area contributed by atoms with Crippen molar-refractivity contribution in [1.29, 1.82) is 0 Å². The molecule has 4 N–H and O–H groups in total. The first-order valence-corrected chi connectivity index (χ1v) is 2.42. The Kier molecular flexibility index (Phi) is 3.51. The summed E-state index contributed by atoms with van der Waals surface area (Å²) in [6.45, 7) is 0. The smallest absolute Gasteiger partial charge is 0.0892 e. The molecule has 44 valence electrons. The Bertz CT molecular complexity index is 115. The van der Waals surface area contributed by atoms with Crippen molar-refractivity contribution in [1.82, 2.24) is 0 Å². The predicted octanol–water partition coefficient (Wildman–Crippen LogP) is 0.159. The summed E-state index contributed by atoms with van der Waals surface area (Å²) in [5, 5.41) is 0. The molecule has 2 heteroatoms. The highest BCUT2D eigenvalue weighted by Crippen LogP contribution is 1.86. The van der Waals surface area contributed by atoms with Gasteiger partial charge in [-0.05, 0) is 12.5 Å². The molecule has 0 amide bonds. The first-order valence-electron chi connectivity index (χ1n) is 2.42. The average molecular weight is 110 g/mol. The van der Waals surface area contributed by atoms with Crippen LogP contribution in [0, 0.1) is 12.3 Å². The predicted molar refractivity (Wildman–Crippen MR) is 34.5 cm³/mol. The van der Waals surface area contributed by atoms with Gasteiger partial charge >= 0.3 is 0 Å². The highest BCUT2D eigenvalue weighted by Gasteiger charge is 1.76. The minimum atomic E-state index is 0.347. The fraction of sp³-hybridized carbons (Fsp3) is 0.333. The topological polar surface area (TPSA) is 52.0 Å². The quantitative estimate of drug-likeness (QED) is 0.393. The zero-order chi connectivity index (χ0) is 6.41. The van der Waals surface area contributed by atoms with Crippen LogP contribution in [0.5, 0.6) is 0 Å². The Labute approximate surface area is 49.6 Å². The van der Waals surface area contributed by atoms with Crippen LogP contribution in [-0.2, 0) is 0 Å². The Balaban J connectivity index is 3.20. The van der Waals surface area contributed by atoms with Crippen molar-refractivity contribution in [2.45, 2.75) is 12.8 Å². The number of allylic oxidation sites excluding steroid dienone is 1. The molecule has 0 atom stereocenters.